The Kier molecular flexibility index (Phi) is 3.16. The van der Waals surface area contributed by atoms with Gasteiger partial charge >= 0.3 is 0 Å². The summed E-state index contributed by atoms with van der Waals surface area (Å²) in [5.74, 6) is -3.94. The van der Waals surface area contributed by atoms with E-state index in [1.165, 1.54) is 0 Å². The molecule has 1 unspecified atom stereocenters. The lowest BCUT2D eigenvalue weighted by molar-refractivity contribution is 0.242. The molecule has 0 amide bonds. The van der Waals surface area contributed by atoms with E-state index in [1.54, 1.807) is 0 Å². The van der Waals surface area contributed by atoms with Crippen LogP contribution in [0.25, 0.3) is 0 Å². The van der Waals surface area contributed by atoms with Gasteiger partial charge in [0.25, 0.3) is 0 Å². The van der Waals surface area contributed by atoms with Gasteiger partial charge in [-0.05, 0) is 30.5 Å². The maximum atomic E-state index is 13.0. The monoisotopic (exact) mass is 231 g/mol. The second-order valence-corrected chi connectivity index (χ2v) is 3.97. The molecule has 0 spiro atoms. The molecular weight excluding hydrogens is 219 g/mol. The summed E-state index contributed by atoms with van der Waals surface area (Å²) >= 11 is 0. The van der Waals surface area contributed by atoms with E-state index in [0.717, 1.165) is 25.0 Å². The third-order valence-corrected chi connectivity index (χ3v) is 2.61. The quantitative estimate of drug-likeness (QED) is 0.775. The molecule has 2 nitrogen and oxygen atoms in total. The SMILES string of the molecule is OCC(NC1CC1)c1cc(F)c(F)c(F)c1. The molecule has 2 N–H and O–H groups in total. The van der Waals surface area contributed by atoms with Gasteiger partial charge in [0.2, 0.25) is 0 Å². The Hall–Kier alpha value is -1.07. The Balaban J connectivity index is 2.22. The van der Waals surface area contributed by atoms with Crippen LogP contribution in [0.2, 0.25) is 0 Å². The Bertz CT molecular complexity index is 370. The van der Waals surface area contributed by atoms with Crippen LogP contribution in [-0.4, -0.2) is 17.8 Å². The average Bonchev–Trinajstić information content (AvgIpc) is 3.05. The van der Waals surface area contributed by atoms with Crippen LogP contribution < -0.4 is 5.32 Å². The Labute approximate surface area is 91.1 Å². The van der Waals surface area contributed by atoms with Crippen molar-refractivity contribution in [1.82, 2.24) is 5.32 Å². The summed E-state index contributed by atoms with van der Waals surface area (Å²) in [6.07, 6.45) is 1.98. The second-order valence-electron chi connectivity index (χ2n) is 3.97. The lowest BCUT2D eigenvalue weighted by atomic mass is 10.1. The molecule has 0 saturated heterocycles. The van der Waals surface area contributed by atoms with Crippen LogP contribution in [0.1, 0.15) is 24.4 Å². The van der Waals surface area contributed by atoms with E-state index in [4.69, 9.17) is 5.11 Å². The van der Waals surface area contributed by atoms with Gasteiger partial charge in [0.1, 0.15) is 0 Å². The van der Waals surface area contributed by atoms with Gasteiger partial charge in [0.15, 0.2) is 17.5 Å². The van der Waals surface area contributed by atoms with E-state index in [-0.39, 0.29) is 18.2 Å². The number of aliphatic hydroxyl groups excluding tert-OH is 1. The van der Waals surface area contributed by atoms with Crippen LogP contribution >= 0.6 is 0 Å². The lowest BCUT2D eigenvalue weighted by Crippen LogP contribution is -2.26. The zero-order valence-corrected chi connectivity index (χ0v) is 8.51. The largest absolute Gasteiger partial charge is 0.394 e. The van der Waals surface area contributed by atoms with E-state index < -0.39 is 23.5 Å². The summed E-state index contributed by atoms with van der Waals surface area (Å²) < 4.78 is 38.7. The van der Waals surface area contributed by atoms with Crippen molar-refractivity contribution in [3.8, 4) is 0 Å². The number of aliphatic hydroxyl groups is 1. The number of hydrogen-bond acceptors (Lipinski definition) is 2. The van der Waals surface area contributed by atoms with Gasteiger partial charge in [0.05, 0.1) is 12.6 Å². The minimum absolute atomic E-state index is 0.228. The maximum absolute atomic E-state index is 13.0. The summed E-state index contributed by atoms with van der Waals surface area (Å²) in [6.45, 7) is -0.277. The fourth-order valence-electron chi connectivity index (χ4n) is 1.57. The molecule has 1 aliphatic carbocycles. The number of rotatable bonds is 4. The molecule has 1 atom stereocenters. The van der Waals surface area contributed by atoms with Gasteiger partial charge in [0, 0.05) is 6.04 Å². The molecule has 1 aromatic carbocycles. The Morgan fingerprint density at radius 1 is 1.25 bits per heavy atom. The normalized spacial score (nSPS) is 17.5. The summed E-state index contributed by atoms with van der Waals surface area (Å²) in [6, 6.07) is 1.56. The van der Waals surface area contributed by atoms with Gasteiger partial charge in [-0.25, -0.2) is 13.2 Å². The molecular formula is C11H12F3NO. The van der Waals surface area contributed by atoms with E-state index in [0.29, 0.717) is 0 Å². The highest BCUT2D eigenvalue weighted by molar-refractivity contribution is 5.23. The molecule has 1 saturated carbocycles. The topological polar surface area (TPSA) is 32.3 Å². The summed E-state index contributed by atoms with van der Waals surface area (Å²) in [5, 5.41) is 12.1. The summed E-state index contributed by atoms with van der Waals surface area (Å²) in [5.41, 5.74) is 0.228. The van der Waals surface area contributed by atoms with E-state index >= 15 is 0 Å². The Morgan fingerprint density at radius 2 is 1.81 bits per heavy atom. The minimum atomic E-state index is -1.48. The molecule has 2 rings (SSSR count). The predicted molar refractivity (Wildman–Crippen MR) is 52.3 cm³/mol. The molecule has 0 radical (unpaired) electrons. The van der Waals surface area contributed by atoms with Crippen molar-refractivity contribution in [1.29, 1.82) is 0 Å². The minimum Gasteiger partial charge on any atom is -0.394 e. The van der Waals surface area contributed by atoms with Gasteiger partial charge < -0.3 is 10.4 Å². The fraction of sp³-hybridized carbons (Fsp3) is 0.455. The summed E-state index contributed by atoms with van der Waals surface area (Å²) in [4.78, 5) is 0. The van der Waals surface area contributed by atoms with Gasteiger partial charge in [-0.15, -0.1) is 0 Å². The van der Waals surface area contributed by atoms with Crippen LogP contribution in [0.4, 0.5) is 13.2 Å². The van der Waals surface area contributed by atoms with Gasteiger partial charge in [-0.3, -0.25) is 0 Å². The van der Waals surface area contributed by atoms with Crippen molar-refractivity contribution in [2.45, 2.75) is 24.9 Å². The first kappa shape index (κ1) is 11.4. The first-order chi connectivity index (χ1) is 7.61. The Morgan fingerprint density at radius 3 is 2.25 bits per heavy atom. The highest BCUT2D eigenvalue weighted by atomic mass is 19.2. The molecule has 88 valence electrons. The molecule has 0 aromatic heterocycles. The standard InChI is InChI=1S/C11H12F3NO/c12-8-3-6(4-9(13)11(8)14)10(5-16)15-7-1-2-7/h3-4,7,10,15-16H,1-2,5H2. The van der Waals surface area contributed by atoms with Crippen LogP contribution in [0.15, 0.2) is 12.1 Å². The van der Waals surface area contributed by atoms with E-state index in [1.807, 2.05) is 0 Å². The fourth-order valence-corrected chi connectivity index (χ4v) is 1.57. The molecule has 5 heteroatoms. The van der Waals surface area contributed by atoms with Crippen molar-refractivity contribution >= 4 is 0 Å². The predicted octanol–water partition coefficient (Wildman–Crippen LogP) is 1.89. The molecule has 0 bridgehead atoms. The lowest BCUT2D eigenvalue weighted by Gasteiger charge is -2.16. The van der Waals surface area contributed by atoms with E-state index in [2.05, 4.69) is 5.32 Å². The third kappa shape index (κ3) is 2.36. The van der Waals surface area contributed by atoms with Crippen LogP contribution in [0.3, 0.4) is 0 Å². The summed E-state index contributed by atoms with van der Waals surface area (Å²) in [7, 11) is 0. The first-order valence-electron chi connectivity index (χ1n) is 5.13. The zero-order valence-electron chi connectivity index (χ0n) is 8.51. The number of hydrogen-bond donors (Lipinski definition) is 2. The first-order valence-corrected chi connectivity index (χ1v) is 5.13. The molecule has 0 aliphatic heterocycles. The molecule has 1 aromatic rings. The van der Waals surface area contributed by atoms with Crippen LogP contribution in [0.5, 0.6) is 0 Å². The van der Waals surface area contributed by atoms with Crippen LogP contribution in [-0.2, 0) is 0 Å². The van der Waals surface area contributed by atoms with Gasteiger partial charge in [-0.1, -0.05) is 0 Å². The van der Waals surface area contributed by atoms with Crippen molar-refractivity contribution in [2.24, 2.45) is 0 Å². The average molecular weight is 231 g/mol. The van der Waals surface area contributed by atoms with Crippen molar-refractivity contribution in [2.75, 3.05) is 6.61 Å². The zero-order chi connectivity index (χ0) is 11.7. The highest BCUT2D eigenvalue weighted by Crippen LogP contribution is 2.25. The molecule has 0 heterocycles. The highest BCUT2D eigenvalue weighted by Gasteiger charge is 2.26. The van der Waals surface area contributed by atoms with Crippen molar-refractivity contribution in [3.05, 3.63) is 35.1 Å². The number of benzene rings is 1. The smallest absolute Gasteiger partial charge is 0.194 e. The van der Waals surface area contributed by atoms with Gasteiger partial charge in [-0.2, -0.15) is 0 Å². The molecule has 1 fully saturated rings. The maximum Gasteiger partial charge on any atom is 0.194 e. The van der Waals surface area contributed by atoms with E-state index in [9.17, 15) is 13.2 Å². The number of halogens is 3. The molecule has 16 heavy (non-hydrogen) atoms. The van der Waals surface area contributed by atoms with Crippen molar-refractivity contribution in [3.63, 3.8) is 0 Å². The third-order valence-electron chi connectivity index (χ3n) is 2.61. The molecule has 1 aliphatic rings. The van der Waals surface area contributed by atoms with Crippen LogP contribution in [0, 0.1) is 17.5 Å². The number of nitrogens with one attached hydrogen (secondary N) is 1. The van der Waals surface area contributed by atoms with Crippen molar-refractivity contribution < 1.29 is 18.3 Å². The second kappa shape index (κ2) is 4.43.